The summed E-state index contributed by atoms with van der Waals surface area (Å²) in [6.07, 6.45) is 16.7. The highest BCUT2D eigenvalue weighted by Gasteiger charge is 2.20. The van der Waals surface area contributed by atoms with Crippen molar-refractivity contribution in [2.24, 2.45) is 0 Å². The summed E-state index contributed by atoms with van der Waals surface area (Å²) in [6, 6.07) is -2.29. The fourth-order valence-corrected chi connectivity index (χ4v) is 5.79. The molecule has 0 aromatic carbocycles. The molecule has 0 saturated heterocycles. The first-order chi connectivity index (χ1) is 28.9. The summed E-state index contributed by atoms with van der Waals surface area (Å²) in [4.78, 5) is 80.8. The van der Waals surface area contributed by atoms with Crippen molar-refractivity contribution in [1.29, 1.82) is 0 Å². The van der Waals surface area contributed by atoms with Crippen LogP contribution in [0.2, 0.25) is 0 Å². The molecule has 0 spiro atoms. The Morgan fingerprint density at radius 1 is 0.417 bits per heavy atom. The molecule has 0 saturated carbocycles. The average molecular weight is 861 g/mol. The topological polar surface area (TPSA) is 289 Å². The smallest absolute Gasteiger partial charge is 0.326 e. The predicted molar refractivity (Wildman–Crippen MR) is 222 cm³/mol. The minimum atomic E-state index is -1.19. The van der Waals surface area contributed by atoms with Gasteiger partial charge >= 0.3 is 11.9 Å². The van der Waals surface area contributed by atoms with Crippen LogP contribution in [0.3, 0.4) is 0 Å². The largest absolute Gasteiger partial charge is 0.665 e. The van der Waals surface area contributed by atoms with Gasteiger partial charge < -0.3 is 61.3 Å². The van der Waals surface area contributed by atoms with Gasteiger partial charge in [0.1, 0.15) is 19.3 Å². The highest BCUT2D eigenvalue weighted by molar-refractivity contribution is 5.84. The summed E-state index contributed by atoms with van der Waals surface area (Å²) >= 11 is 0. The highest BCUT2D eigenvalue weighted by Crippen LogP contribution is 2.14. The van der Waals surface area contributed by atoms with Crippen LogP contribution >= 0.6 is 0 Å². The predicted octanol–water partition coefficient (Wildman–Crippen LogP) is 3.75. The zero-order valence-electron chi connectivity index (χ0n) is 35.6. The standard InChI is InChI=1S/C41H74N5O14/c42-33(40(53)54)17-15-16-22-43-37(49)31-59-29-28-58-26-24-45-38(50)32-60-30-27-57-25-23-44-35(47)21-20-34(41(55)56)46-36(48)18-13-11-9-7-5-3-1-2-4-6-8-10-12-14-19-39(51)52/h33-34,42H,1-32H2,(H,43,49)(H,44,47)(H,45,50)(H,46,48)(H,51,52)(H,53,54)(H,55,56)/q-1/t33-,34-/m0/s1. The molecule has 8 N–H and O–H groups in total. The van der Waals surface area contributed by atoms with Crippen molar-refractivity contribution in [3.05, 3.63) is 5.73 Å². The Kier molecular flexibility index (Phi) is 37.9. The Morgan fingerprint density at radius 3 is 1.32 bits per heavy atom. The molecular formula is C41H74N5O14-. The van der Waals surface area contributed by atoms with Crippen molar-refractivity contribution in [1.82, 2.24) is 21.3 Å². The first-order valence-electron chi connectivity index (χ1n) is 21.7. The SMILES string of the molecule is [NH-][C@@H](CCCCNC(=O)COCCOCCNC(=O)COCCOCCNC(=O)CC[C@H](NC(=O)CCCCCCCCCCCCCCCCC(=O)O)C(=O)O)C(=O)O. The number of carbonyl (C=O) groups excluding carboxylic acids is 4. The van der Waals surface area contributed by atoms with E-state index < -0.39 is 30.0 Å². The van der Waals surface area contributed by atoms with E-state index in [-0.39, 0.29) is 122 Å². The van der Waals surface area contributed by atoms with E-state index in [0.29, 0.717) is 25.8 Å². The third-order valence-electron chi connectivity index (χ3n) is 9.23. The van der Waals surface area contributed by atoms with Crippen molar-refractivity contribution in [2.75, 3.05) is 72.5 Å². The van der Waals surface area contributed by atoms with Crippen LogP contribution in [0.15, 0.2) is 0 Å². The van der Waals surface area contributed by atoms with Crippen molar-refractivity contribution < 1.29 is 67.8 Å². The molecule has 0 radical (unpaired) electrons. The molecule has 0 bridgehead atoms. The van der Waals surface area contributed by atoms with Crippen LogP contribution in [0.5, 0.6) is 0 Å². The summed E-state index contributed by atoms with van der Waals surface area (Å²) < 4.78 is 21.2. The molecule has 19 nitrogen and oxygen atoms in total. The molecule has 0 heterocycles. The molecule has 60 heavy (non-hydrogen) atoms. The van der Waals surface area contributed by atoms with Gasteiger partial charge in [-0.15, -0.1) is 0 Å². The molecule has 0 aromatic heterocycles. The maximum absolute atomic E-state index is 12.3. The lowest BCUT2D eigenvalue weighted by molar-refractivity contribution is -0.142. The molecule has 0 aromatic rings. The second-order valence-electron chi connectivity index (χ2n) is 14.6. The maximum atomic E-state index is 12.3. The lowest BCUT2D eigenvalue weighted by Crippen LogP contribution is -2.41. The second kappa shape index (κ2) is 40.5. The quantitative estimate of drug-likeness (QED) is 0.0430. The van der Waals surface area contributed by atoms with Crippen LogP contribution in [-0.2, 0) is 52.5 Å². The summed E-state index contributed by atoms with van der Waals surface area (Å²) in [5, 5.41) is 37.3. The molecule has 19 heteroatoms. The zero-order chi connectivity index (χ0) is 44.5. The number of aliphatic carboxylic acids is 3. The molecule has 0 aliphatic rings. The first-order valence-corrected chi connectivity index (χ1v) is 21.7. The van der Waals surface area contributed by atoms with Gasteiger partial charge in [-0.2, -0.15) is 0 Å². The van der Waals surface area contributed by atoms with E-state index in [1.807, 2.05) is 0 Å². The molecule has 0 aliphatic carbocycles. The number of hydrogen-bond acceptors (Lipinski definition) is 11. The summed E-state index contributed by atoms with van der Waals surface area (Å²) in [5.74, 6) is -4.40. The minimum absolute atomic E-state index is 0.0331. The normalized spacial score (nSPS) is 12.0. The number of unbranched alkanes of at least 4 members (excludes halogenated alkanes) is 14. The third kappa shape index (κ3) is 39.5. The van der Waals surface area contributed by atoms with Crippen LogP contribution in [0, 0.1) is 0 Å². The average Bonchev–Trinajstić information content (AvgIpc) is 3.20. The summed E-state index contributed by atoms with van der Waals surface area (Å²) in [5.41, 5.74) is 7.30. The van der Waals surface area contributed by atoms with E-state index in [9.17, 15) is 38.7 Å². The lowest BCUT2D eigenvalue weighted by Gasteiger charge is -2.14. The number of ether oxygens (including phenoxy) is 4. The Balaban J connectivity index is 3.65. The number of carboxylic acid groups (broad SMARTS) is 3. The van der Waals surface area contributed by atoms with Gasteiger partial charge in [-0.1, -0.05) is 89.9 Å². The van der Waals surface area contributed by atoms with Gasteiger partial charge in [0.15, 0.2) is 0 Å². The highest BCUT2D eigenvalue weighted by atomic mass is 16.5. The van der Waals surface area contributed by atoms with Crippen LogP contribution in [-0.4, -0.2) is 141 Å². The van der Waals surface area contributed by atoms with Gasteiger partial charge in [-0.3, -0.25) is 28.8 Å². The molecular weight excluding hydrogens is 786 g/mol. The summed E-state index contributed by atoms with van der Waals surface area (Å²) in [7, 11) is 0. The van der Waals surface area contributed by atoms with Gasteiger partial charge in [-0.05, 0) is 31.7 Å². The second-order valence-corrected chi connectivity index (χ2v) is 14.6. The number of nitrogens with one attached hydrogen (secondary N) is 5. The van der Waals surface area contributed by atoms with E-state index in [1.54, 1.807) is 0 Å². The van der Waals surface area contributed by atoms with E-state index in [4.69, 9.17) is 34.9 Å². The van der Waals surface area contributed by atoms with E-state index >= 15 is 0 Å². The molecule has 0 aliphatic heterocycles. The van der Waals surface area contributed by atoms with Gasteiger partial charge in [0.05, 0.1) is 39.6 Å². The fraction of sp³-hybridized carbons (Fsp3) is 0.829. The fourth-order valence-electron chi connectivity index (χ4n) is 5.79. The van der Waals surface area contributed by atoms with Gasteiger partial charge in [-0.25, -0.2) is 4.79 Å². The van der Waals surface area contributed by atoms with Crippen molar-refractivity contribution in [3.8, 4) is 0 Å². The maximum Gasteiger partial charge on any atom is 0.326 e. The van der Waals surface area contributed by atoms with Crippen molar-refractivity contribution in [2.45, 2.75) is 147 Å². The molecule has 348 valence electrons. The van der Waals surface area contributed by atoms with Crippen molar-refractivity contribution in [3.63, 3.8) is 0 Å². The van der Waals surface area contributed by atoms with Crippen LogP contribution in [0.1, 0.15) is 135 Å². The lowest BCUT2D eigenvalue weighted by atomic mass is 10.0. The zero-order valence-corrected chi connectivity index (χ0v) is 35.6. The number of carbonyl (C=O) groups is 7. The first kappa shape index (κ1) is 56.1. The van der Waals surface area contributed by atoms with Gasteiger partial charge in [0.2, 0.25) is 23.6 Å². The van der Waals surface area contributed by atoms with Crippen LogP contribution < -0.4 is 21.3 Å². The molecule has 0 rings (SSSR count). The van der Waals surface area contributed by atoms with Gasteiger partial charge in [0, 0.05) is 38.9 Å². The van der Waals surface area contributed by atoms with Crippen LogP contribution in [0.4, 0.5) is 0 Å². The van der Waals surface area contributed by atoms with Gasteiger partial charge in [0.25, 0.3) is 5.97 Å². The third-order valence-corrected chi connectivity index (χ3v) is 9.23. The Hall–Kier alpha value is -3.91. The Bertz CT molecular complexity index is 1180. The van der Waals surface area contributed by atoms with E-state index in [1.165, 1.54) is 38.5 Å². The van der Waals surface area contributed by atoms with Crippen molar-refractivity contribution >= 4 is 41.5 Å². The number of amides is 4. The molecule has 0 unspecified atom stereocenters. The Labute approximate surface area is 355 Å². The number of carboxylic acids is 3. The number of hydrogen-bond donors (Lipinski definition) is 7. The van der Waals surface area contributed by atoms with Crippen LogP contribution in [0.25, 0.3) is 5.73 Å². The van der Waals surface area contributed by atoms with E-state index in [2.05, 4.69) is 21.3 Å². The minimum Gasteiger partial charge on any atom is -0.665 e. The molecule has 4 amide bonds. The Morgan fingerprint density at radius 2 is 0.850 bits per heavy atom. The monoisotopic (exact) mass is 861 g/mol. The molecule has 0 fully saturated rings. The summed E-state index contributed by atoms with van der Waals surface area (Å²) in [6.45, 7) is 1.70. The molecule has 2 atom stereocenters. The van der Waals surface area contributed by atoms with E-state index in [0.717, 1.165) is 44.9 Å². The number of rotatable bonds is 44.